The van der Waals surface area contributed by atoms with Crippen LogP contribution < -0.4 is 5.32 Å². The molecule has 0 saturated heterocycles. The lowest BCUT2D eigenvalue weighted by atomic mass is 10.1. The minimum absolute atomic E-state index is 0.0765. The first-order chi connectivity index (χ1) is 10.7. The van der Waals surface area contributed by atoms with Gasteiger partial charge in [-0.25, -0.2) is 0 Å². The lowest BCUT2D eigenvalue weighted by Crippen LogP contribution is -2.23. The summed E-state index contributed by atoms with van der Waals surface area (Å²) in [6.07, 6.45) is 4.73. The van der Waals surface area contributed by atoms with E-state index in [0.29, 0.717) is 12.1 Å². The number of nitrogens with one attached hydrogen (secondary N) is 2. The van der Waals surface area contributed by atoms with Gasteiger partial charge in [0.05, 0.1) is 11.3 Å². The maximum atomic E-state index is 12.4. The largest absolute Gasteiger partial charge is 0.361 e. The van der Waals surface area contributed by atoms with E-state index in [1.165, 1.54) is 0 Å². The lowest BCUT2D eigenvalue weighted by molar-refractivity contribution is 0.0950. The van der Waals surface area contributed by atoms with Crippen LogP contribution >= 0.6 is 0 Å². The van der Waals surface area contributed by atoms with E-state index in [1.54, 1.807) is 0 Å². The molecule has 114 valence electrons. The molecule has 0 atom stereocenters. The van der Waals surface area contributed by atoms with Crippen LogP contribution in [0.1, 0.15) is 35.0 Å². The molecule has 2 N–H and O–H groups in total. The first-order valence-electron chi connectivity index (χ1n) is 7.56. The van der Waals surface area contributed by atoms with Gasteiger partial charge in [0.15, 0.2) is 0 Å². The van der Waals surface area contributed by atoms with Crippen molar-refractivity contribution >= 4 is 16.8 Å². The van der Waals surface area contributed by atoms with Crippen molar-refractivity contribution in [2.75, 3.05) is 0 Å². The molecular weight excluding hydrogens is 276 g/mol. The SMILES string of the molecule is CCCn1cc(C(=O)NCc2cccc3[nH]ccc23)c(C)n1. The number of aromatic amines is 1. The Bertz CT molecular complexity index is 800. The molecule has 0 saturated carbocycles. The molecule has 0 radical (unpaired) electrons. The Kier molecular flexibility index (Phi) is 3.96. The fraction of sp³-hybridized carbons (Fsp3) is 0.294. The van der Waals surface area contributed by atoms with Gasteiger partial charge < -0.3 is 10.3 Å². The molecule has 0 bridgehead atoms. The monoisotopic (exact) mass is 296 g/mol. The van der Waals surface area contributed by atoms with E-state index in [9.17, 15) is 4.79 Å². The molecule has 0 aliphatic heterocycles. The minimum Gasteiger partial charge on any atom is -0.361 e. The summed E-state index contributed by atoms with van der Waals surface area (Å²) in [6.45, 7) is 5.30. The van der Waals surface area contributed by atoms with Gasteiger partial charge in [-0.15, -0.1) is 0 Å². The number of hydrogen-bond acceptors (Lipinski definition) is 2. The molecular formula is C17H20N4O. The van der Waals surface area contributed by atoms with E-state index in [2.05, 4.69) is 22.3 Å². The Morgan fingerprint density at radius 3 is 3.05 bits per heavy atom. The van der Waals surface area contributed by atoms with Crippen LogP contribution in [-0.2, 0) is 13.1 Å². The number of benzene rings is 1. The van der Waals surface area contributed by atoms with Gasteiger partial charge in [0.2, 0.25) is 0 Å². The molecule has 0 fully saturated rings. The number of amides is 1. The van der Waals surface area contributed by atoms with Gasteiger partial charge in [-0.2, -0.15) is 5.10 Å². The molecule has 22 heavy (non-hydrogen) atoms. The quantitative estimate of drug-likeness (QED) is 0.760. The average Bonchev–Trinajstić information content (AvgIpc) is 3.12. The van der Waals surface area contributed by atoms with Crippen molar-refractivity contribution in [1.29, 1.82) is 0 Å². The van der Waals surface area contributed by atoms with E-state index in [0.717, 1.165) is 35.1 Å². The summed E-state index contributed by atoms with van der Waals surface area (Å²) < 4.78 is 1.83. The average molecular weight is 296 g/mol. The Labute approximate surface area is 129 Å². The van der Waals surface area contributed by atoms with Gasteiger partial charge in [0.25, 0.3) is 5.91 Å². The molecule has 0 unspecified atom stereocenters. The molecule has 5 heteroatoms. The molecule has 3 aromatic rings. The predicted octanol–water partition coefficient (Wildman–Crippen LogP) is 3.01. The number of nitrogens with zero attached hydrogens (tertiary/aromatic N) is 2. The van der Waals surface area contributed by atoms with Crippen LogP contribution in [0, 0.1) is 6.92 Å². The second kappa shape index (κ2) is 6.05. The van der Waals surface area contributed by atoms with Gasteiger partial charge >= 0.3 is 0 Å². The summed E-state index contributed by atoms with van der Waals surface area (Å²) in [5, 5.41) is 8.50. The zero-order valence-corrected chi connectivity index (χ0v) is 12.9. The summed E-state index contributed by atoms with van der Waals surface area (Å²) in [6, 6.07) is 8.08. The fourth-order valence-electron chi connectivity index (χ4n) is 2.66. The van der Waals surface area contributed by atoms with Crippen LogP contribution in [0.25, 0.3) is 10.9 Å². The normalized spacial score (nSPS) is 11.0. The maximum Gasteiger partial charge on any atom is 0.255 e. The van der Waals surface area contributed by atoms with Crippen molar-refractivity contribution in [3.05, 3.63) is 53.5 Å². The van der Waals surface area contributed by atoms with E-state index >= 15 is 0 Å². The highest BCUT2D eigenvalue weighted by molar-refractivity contribution is 5.95. The Morgan fingerprint density at radius 2 is 2.23 bits per heavy atom. The first-order valence-corrected chi connectivity index (χ1v) is 7.56. The van der Waals surface area contributed by atoms with Gasteiger partial charge in [0, 0.05) is 36.4 Å². The zero-order valence-electron chi connectivity index (χ0n) is 12.9. The van der Waals surface area contributed by atoms with Crippen molar-refractivity contribution in [2.24, 2.45) is 0 Å². The summed E-state index contributed by atoms with van der Waals surface area (Å²) in [5.74, 6) is -0.0765. The Hall–Kier alpha value is -2.56. The molecule has 2 aromatic heterocycles. The number of hydrogen-bond donors (Lipinski definition) is 2. The van der Waals surface area contributed by atoms with Crippen molar-refractivity contribution in [2.45, 2.75) is 33.4 Å². The first kappa shape index (κ1) is 14.4. The van der Waals surface area contributed by atoms with Crippen LogP contribution in [0.15, 0.2) is 36.7 Å². The van der Waals surface area contributed by atoms with Crippen LogP contribution in [0.3, 0.4) is 0 Å². The van der Waals surface area contributed by atoms with Crippen LogP contribution in [0.2, 0.25) is 0 Å². The maximum absolute atomic E-state index is 12.4. The molecule has 0 spiro atoms. The van der Waals surface area contributed by atoms with Crippen molar-refractivity contribution in [3.63, 3.8) is 0 Å². The number of rotatable bonds is 5. The molecule has 1 amide bonds. The molecule has 3 rings (SSSR count). The fourth-order valence-corrected chi connectivity index (χ4v) is 2.66. The van der Waals surface area contributed by atoms with Crippen LogP contribution in [0.4, 0.5) is 0 Å². The number of aromatic nitrogens is 3. The van der Waals surface area contributed by atoms with E-state index in [4.69, 9.17) is 0 Å². The zero-order chi connectivity index (χ0) is 15.5. The minimum atomic E-state index is -0.0765. The van der Waals surface area contributed by atoms with Gasteiger partial charge in [-0.05, 0) is 31.0 Å². The lowest BCUT2D eigenvalue weighted by Gasteiger charge is -2.06. The highest BCUT2D eigenvalue weighted by atomic mass is 16.1. The van der Waals surface area contributed by atoms with E-state index in [1.807, 2.05) is 48.3 Å². The summed E-state index contributed by atoms with van der Waals surface area (Å²) in [5.41, 5.74) is 3.60. The molecule has 0 aliphatic carbocycles. The number of H-pyrrole nitrogens is 1. The van der Waals surface area contributed by atoms with Crippen LogP contribution in [0.5, 0.6) is 0 Å². The summed E-state index contributed by atoms with van der Waals surface area (Å²) in [4.78, 5) is 15.5. The van der Waals surface area contributed by atoms with Gasteiger partial charge in [0.1, 0.15) is 0 Å². The highest BCUT2D eigenvalue weighted by Crippen LogP contribution is 2.17. The highest BCUT2D eigenvalue weighted by Gasteiger charge is 2.13. The standard InChI is InChI=1S/C17H20N4O/c1-3-9-21-11-15(12(2)20-21)17(22)19-10-13-5-4-6-16-14(13)7-8-18-16/h4-8,11,18H,3,9-10H2,1-2H3,(H,19,22). The molecule has 0 aliphatic rings. The predicted molar refractivity (Wildman–Crippen MR) is 86.7 cm³/mol. The van der Waals surface area contributed by atoms with E-state index in [-0.39, 0.29) is 5.91 Å². The van der Waals surface area contributed by atoms with Gasteiger partial charge in [-0.3, -0.25) is 9.48 Å². The number of carbonyl (C=O) groups is 1. The topological polar surface area (TPSA) is 62.7 Å². The summed E-state index contributed by atoms with van der Waals surface area (Å²) >= 11 is 0. The Balaban J connectivity index is 1.73. The van der Waals surface area contributed by atoms with Crippen molar-refractivity contribution in [1.82, 2.24) is 20.1 Å². The van der Waals surface area contributed by atoms with Crippen molar-refractivity contribution < 1.29 is 4.79 Å². The third-order valence-corrected chi connectivity index (χ3v) is 3.77. The van der Waals surface area contributed by atoms with Crippen molar-refractivity contribution in [3.8, 4) is 0 Å². The summed E-state index contributed by atoms with van der Waals surface area (Å²) in [7, 11) is 0. The number of fused-ring (bicyclic) bond motifs is 1. The molecule has 1 aromatic carbocycles. The second-order valence-corrected chi connectivity index (χ2v) is 5.43. The Morgan fingerprint density at radius 1 is 1.36 bits per heavy atom. The second-order valence-electron chi connectivity index (χ2n) is 5.43. The van der Waals surface area contributed by atoms with Crippen LogP contribution in [-0.4, -0.2) is 20.7 Å². The smallest absolute Gasteiger partial charge is 0.255 e. The molecule has 2 heterocycles. The van der Waals surface area contributed by atoms with Gasteiger partial charge in [-0.1, -0.05) is 19.1 Å². The number of aryl methyl sites for hydroxylation is 2. The van der Waals surface area contributed by atoms with E-state index < -0.39 is 0 Å². The molecule has 5 nitrogen and oxygen atoms in total. The third kappa shape index (κ3) is 2.74. The number of carbonyl (C=O) groups excluding carboxylic acids is 1. The third-order valence-electron chi connectivity index (χ3n) is 3.77.